The van der Waals surface area contributed by atoms with E-state index in [-0.39, 0.29) is 23.3 Å². The Morgan fingerprint density at radius 2 is 1.79 bits per heavy atom. The number of aryl methyl sites for hydroxylation is 1. The van der Waals surface area contributed by atoms with Gasteiger partial charge in [0, 0.05) is 53.4 Å². The first-order valence-corrected chi connectivity index (χ1v) is 12.5. The van der Waals surface area contributed by atoms with Crippen LogP contribution in [0.3, 0.4) is 0 Å². The van der Waals surface area contributed by atoms with Gasteiger partial charge < -0.3 is 15.6 Å². The fourth-order valence-electron chi connectivity index (χ4n) is 4.80. The number of nitrogens with zero attached hydrogens (tertiary/aromatic N) is 5. The molecule has 0 saturated heterocycles. The van der Waals surface area contributed by atoms with Crippen molar-refractivity contribution in [1.82, 2.24) is 29.6 Å². The molecule has 0 fully saturated rings. The Balaban J connectivity index is 1.46. The van der Waals surface area contributed by atoms with Gasteiger partial charge in [-0.1, -0.05) is 42.2 Å². The summed E-state index contributed by atoms with van der Waals surface area (Å²) in [5, 5.41) is 9.11. The molecule has 4 aromatic heterocycles. The number of pyridine rings is 2. The number of anilines is 1. The van der Waals surface area contributed by atoms with Crippen molar-refractivity contribution in [2.45, 2.75) is 13.0 Å². The zero-order valence-corrected chi connectivity index (χ0v) is 21.5. The zero-order valence-electron chi connectivity index (χ0n) is 21.5. The molecule has 0 aliphatic rings. The number of carbonyl (C=O) groups excluding carboxylic acids is 1. The first-order valence-electron chi connectivity index (χ1n) is 12.5. The number of nitrogen functional groups attached to an aromatic ring is 1. The van der Waals surface area contributed by atoms with Crippen LogP contribution in [-0.2, 0) is 7.05 Å². The standard InChI is InChI=1S/C31H25N7O/c1-20(36-31(39)27-28-24(10-7-15-33-28)18-34-30(27)32)26-16-23-9-6-8-22(14-13-21-17-35-37(2)19-21)29(23)38(26)25-11-4-3-5-12-25/h3-12,15-20H,1-2H3,(H2,32,34)(H,36,39)/t20-/m0/s1. The summed E-state index contributed by atoms with van der Waals surface area (Å²) in [7, 11) is 1.87. The summed E-state index contributed by atoms with van der Waals surface area (Å²) in [6, 6.07) is 21.5. The highest BCUT2D eigenvalue weighted by Gasteiger charge is 2.23. The van der Waals surface area contributed by atoms with Crippen molar-refractivity contribution < 1.29 is 4.79 Å². The van der Waals surface area contributed by atoms with Gasteiger partial charge >= 0.3 is 0 Å². The Labute approximate surface area is 225 Å². The van der Waals surface area contributed by atoms with Crippen molar-refractivity contribution in [3.05, 3.63) is 114 Å². The first-order chi connectivity index (χ1) is 19.0. The minimum atomic E-state index is -0.373. The molecule has 0 aliphatic carbocycles. The van der Waals surface area contributed by atoms with Crippen LogP contribution in [-0.4, -0.2) is 30.2 Å². The average Bonchev–Trinajstić information content (AvgIpc) is 3.56. The van der Waals surface area contributed by atoms with E-state index < -0.39 is 0 Å². The average molecular weight is 512 g/mol. The van der Waals surface area contributed by atoms with Gasteiger partial charge in [0.2, 0.25) is 0 Å². The number of carbonyl (C=O) groups is 1. The fourth-order valence-corrected chi connectivity index (χ4v) is 4.80. The summed E-state index contributed by atoms with van der Waals surface area (Å²) in [5.74, 6) is 6.36. The van der Waals surface area contributed by atoms with Gasteiger partial charge in [0.05, 0.1) is 28.8 Å². The van der Waals surface area contributed by atoms with E-state index in [1.54, 1.807) is 29.3 Å². The molecule has 8 nitrogen and oxygen atoms in total. The van der Waals surface area contributed by atoms with E-state index in [9.17, 15) is 4.79 Å². The Bertz CT molecular complexity index is 1910. The number of fused-ring (bicyclic) bond motifs is 2. The van der Waals surface area contributed by atoms with E-state index in [4.69, 9.17) is 5.73 Å². The molecule has 0 aliphatic heterocycles. The van der Waals surface area contributed by atoms with Gasteiger partial charge in [-0.25, -0.2) is 4.98 Å². The van der Waals surface area contributed by atoms with E-state index in [1.165, 1.54) is 0 Å². The second-order valence-corrected chi connectivity index (χ2v) is 9.29. The Morgan fingerprint density at radius 1 is 0.974 bits per heavy atom. The zero-order chi connectivity index (χ0) is 26.9. The molecule has 1 atom stereocenters. The van der Waals surface area contributed by atoms with Crippen molar-refractivity contribution in [2.24, 2.45) is 7.05 Å². The lowest BCUT2D eigenvalue weighted by molar-refractivity contribution is 0.0941. The minimum absolute atomic E-state index is 0.141. The number of nitrogens with one attached hydrogen (secondary N) is 1. The molecule has 2 aromatic carbocycles. The van der Waals surface area contributed by atoms with Crippen LogP contribution in [0.25, 0.3) is 27.5 Å². The summed E-state index contributed by atoms with van der Waals surface area (Å²) in [6.07, 6.45) is 6.90. The number of aromatic nitrogens is 5. The number of amides is 1. The van der Waals surface area contributed by atoms with E-state index in [1.807, 2.05) is 68.7 Å². The third-order valence-corrected chi connectivity index (χ3v) is 6.61. The maximum Gasteiger partial charge on any atom is 0.257 e. The molecule has 0 unspecified atom stereocenters. The highest BCUT2D eigenvalue weighted by atomic mass is 16.1. The van der Waals surface area contributed by atoms with Crippen LogP contribution in [0.5, 0.6) is 0 Å². The molecule has 6 rings (SSSR count). The maximum absolute atomic E-state index is 13.5. The maximum atomic E-state index is 13.5. The van der Waals surface area contributed by atoms with Crippen LogP contribution in [0.15, 0.2) is 91.5 Å². The number of nitrogens with two attached hydrogens (primary N) is 1. The normalized spacial score (nSPS) is 11.7. The molecule has 39 heavy (non-hydrogen) atoms. The van der Waals surface area contributed by atoms with Gasteiger partial charge in [-0.2, -0.15) is 5.10 Å². The minimum Gasteiger partial charge on any atom is -0.383 e. The van der Waals surface area contributed by atoms with Crippen LogP contribution in [0, 0.1) is 11.8 Å². The molecule has 8 heteroatoms. The van der Waals surface area contributed by atoms with E-state index in [0.29, 0.717) is 5.52 Å². The second kappa shape index (κ2) is 9.80. The second-order valence-electron chi connectivity index (χ2n) is 9.29. The van der Waals surface area contributed by atoms with Gasteiger partial charge in [0.15, 0.2) is 0 Å². The molecule has 6 aromatic rings. The molecule has 0 radical (unpaired) electrons. The monoisotopic (exact) mass is 511 g/mol. The largest absolute Gasteiger partial charge is 0.383 e. The molecule has 0 bridgehead atoms. The van der Waals surface area contributed by atoms with Crippen LogP contribution < -0.4 is 11.1 Å². The van der Waals surface area contributed by atoms with Crippen LogP contribution in [0.1, 0.15) is 40.1 Å². The summed E-state index contributed by atoms with van der Waals surface area (Å²) in [5.41, 5.74) is 11.5. The van der Waals surface area contributed by atoms with Gasteiger partial charge in [0.25, 0.3) is 5.91 Å². The number of rotatable bonds is 4. The van der Waals surface area contributed by atoms with E-state index >= 15 is 0 Å². The van der Waals surface area contributed by atoms with Gasteiger partial charge in [0.1, 0.15) is 11.4 Å². The number of hydrogen-bond donors (Lipinski definition) is 2. The van der Waals surface area contributed by atoms with E-state index in [2.05, 4.69) is 48.9 Å². The van der Waals surface area contributed by atoms with Gasteiger partial charge in [-0.3, -0.25) is 14.5 Å². The molecule has 0 saturated carbocycles. The molecule has 0 spiro atoms. The van der Waals surface area contributed by atoms with Gasteiger partial charge in [-0.15, -0.1) is 0 Å². The molecular weight excluding hydrogens is 486 g/mol. The Kier molecular flexibility index (Phi) is 6.02. The van der Waals surface area contributed by atoms with Crippen LogP contribution in [0.4, 0.5) is 5.82 Å². The van der Waals surface area contributed by atoms with Crippen LogP contribution in [0.2, 0.25) is 0 Å². The highest BCUT2D eigenvalue weighted by molar-refractivity contribution is 6.09. The number of para-hydroxylation sites is 2. The Hall–Kier alpha value is -5.42. The third kappa shape index (κ3) is 4.47. The summed E-state index contributed by atoms with van der Waals surface area (Å²) in [4.78, 5) is 22.2. The predicted molar refractivity (Wildman–Crippen MR) is 152 cm³/mol. The molecule has 3 N–H and O–H groups in total. The first kappa shape index (κ1) is 23.9. The molecule has 1 amide bonds. The molecular formula is C31H25N7O. The summed E-state index contributed by atoms with van der Waals surface area (Å²) in [6.45, 7) is 1.95. The summed E-state index contributed by atoms with van der Waals surface area (Å²) >= 11 is 0. The lowest BCUT2D eigenvalue weighted by Gasteiger charge is -2.19. The van der Waals surface area contributed by atoms with Crippen molar-refractivity contribution in [3.8, 4) is 17.5 Å². The number of hydrogen-bond acceptors (Lipinski definition) is 5. The lowest BCUT2D eigenvalue weighted by atomic mass is 10.1. The van der Waals surface area contributed by atoms with Crippen LogP contribution >= 0.6 is 0 Å². The third-order valence-electron chi connectivity index (χ3n) is 6.61. The highest BCUT2D eigenvalue weighted by Crippen LogP contribution is 2.31. The van der Waals surface area contributed by atoms with Crippen molar-refractivity contribution in [1.29, 1.82) is 0 Å². The topological polar surface area (TPSA) is 104 Å². The number of benzene rings is 2. The SMILES string of the molecule is C[C@H](NC(=O)c1c(N)ncc2cccnc12)c1cc2cccc(C#Cc3cnn(C)c3)c2n1-c1ccccc1. The summed E-state index contributed by atoms with van der Waals surface area (Å²) < 4.78 is 3.88. The quantitative estimate of drug-likeness (QED) is 0.332. The lowest BCUT2D eigenvalue weighted by Crippen LogP contribution is -2.29. The Morgan fingerprint density at radius 3 is 2.59 bits per heavy atom. The smallest absolute Gasteiger partial charge is 0.257 e. The van der Waals surface area contributed by atoms with Crippen molar-refractivity contribution in [3.63, 3.8) is 0 Å². The fraction of sp³-hybridized carbons (Fsp3) is 0.0968. The predicted octanol–water partition coefficient (Wildman–Crippen LogP) is 4.78. The van der Waals surface area contributed by atoms with Crippen molar-refractivity contribution >= 4 is 33.5 Å². The van der Waals surface area contributed by atoms with Gasteiger partial charge in [-0.05, 0) is 43.3 Å². The van der Waals surface area contributed by atoms with E-state index in [0.717, 1.165) is 38.8 Å². The molecule has 4 heterocycles. The molecule has 190 valence electrons. The van der Waals surface area contributed by atoms with Crippen molar-refractivity contribution in [2.75, 3.05) is 5.73 Å².